The van der Waals surface area contributed by atoms with Crippen molar-refractivity contribution in [2.45, 2.75) is 52.2 Å². The van der Waals surface area contributed by atoms with Gasteiger partial charge in [0.1, 0.15) is 12.3 Å². The number of aromatic nitrogens is 4. The first-order chi connectivity index (χ1) is 23.4. The van der Waals surface area contributed by atoms with Gasteiger partial charge in [-0.25, -0.2) is 10.2 Å². The maximum absolute atomic E-state index is 4.59. The molecule has 0 amide bonds. The molecule has 2 atom stereocenters. The van der Waals surface area contributed by atoms with E-state index in [0.717, 1.165) is 23.8 Å². The fraction of sp³-hybridized carbons (Fsp3) is 0.190. The van der Waals surface area contributed by atoms with Crippen molar-refractivity contribution >= 4 is 45.3 Å². The molecule has 49 heavy (non-hydrogen) atoms. The van der Waals surface area contributed by atoms with Crippen LogP contribution in [0.4, 0.5) is 0 Å². The van der Waals surface area contributed by atoms with Gasteiger partial charge in [0.05, 0.1) is 0 Å². The predicted molar refractivity (Wildman–Crippen MR) is 210 cm³/mol. The Labute approximate surface area is 303 Å². The van der Waals surface area contributed by atoms with Gasteiger partial charge in [0.15, 0.2) is 0 Å². The Morgan fingerprint density at radius 3 is 1.20 bits per heavy atom. The fourth-order valence-corrected chi connectivity index (χ4v) is 7.46. The Kier molecular flexibility index (Phi) is 13.0. The van der Waals surface area contributed by atoms with Crippen molar-refractivity contribution in [3.8, 4) is 0 Å². The van der Waals surface area contributed by atoms with Gasteiger partial charge in [-0.15, -0.1) is 38.0 Å². The van der Waals surface area contributed by atoms with E-state index in [0.29, 0.717) is 11.8 Å². The number of H-pyrrole nitrogens is 2. The van der Waals surface area contributed by atoms with Crippen LogP contribution in [0, 0.1) is 0 Å². The minimum Gasteiger partial charge on any atom is -0.289 e. The Balaban J connectivity index is 0.000000216. The number of nitrogens with zero attached hydrogens (tertiary/aromatic N) is 2. The zero-order valence-corrected chi connectivity index (χ0v) is 30.2. The van der Waals surface area contributed by atoms with Gasteiger partial charge >= 0.3 is 16.5 Å². The van der Waals surface area contributed by atoms with E-state index < -0.39 is 12.3 Å². The monoisotopic (exact) mass is 688 g/mol. The van der Waals surface area contributed by atoms with Crippen LogP contribution in [0.5, 0.6) is 0 Å². The summed E-state index contributed by atoms with van der Waals surface area (Å²) >= 11 is 0. The molecular weight excluding hydrogens is 641 g/mol. The molecule has 2 unspecified atom stereocenters. The van der Waals surface area contributed by atoms with Crippen LogP contribution < -0.4 is 33.0 Å². The summed E-state index contributed by atoms with van der Waals surface area (Å²) in [5.41, 5.74) is 10.1. The van der Waals surface area contributed by atoms with Gasteiger partial charge in [-0.1, -0.05) is 160 Å². The summed E-state index contributed by atoms with van der Waals surface area (Å²) in [6.45, 7) is 17.0. The van der Waals surface area contributed by atoms with Crippen LogP contribution in [0.3, 0.4) is 0 Å². The topological polar surface area (TPSA) is 57.4 Å². The minimum absolute atomic E-state index is 0. The first kappa shape index (κ1) is 37.2. The number of hydrogen-bond acceptors (Lipinski definition) is 2. The second-order valence-corrected chi connectivity index (χ2v) is 13.6. The molecule has 0 bridgehead atoms. The molecule has 4 aromatic carbocycles. The number of benzene rings is 4. The van der Waals surface area contributed by atoms with Crippen LogP contribution in [0.2, 0.25) is 12.6 Å². The summed E-state index contributed by atoms with van der Waals surface area (Å²) in [5.74, 6) is 0.995. The third-order valence-electron chi connectivity index (χ3n) is 10.1. The van der Waals surface area contributed by atoms with Crippen molar-refractivity contribution in [1.29, 1.82) is 0 Å². The quantitative estimate of drug-likeness (QED) is 0.116. The predicted octanol–water partition coefficient (Wildman–Crippen LogP) is 6.38. The zero-order chi connectivity index (χ0) is 34.0. The molecule has 6 aromatic rings. The molecule has 2 aromatic heterocycles. The molecule has 0 aliphatic heterocycles. The van der Waals surface area contributed by atoms with Crippen LogP contribution in [0.15, 0.2) is 159 Å². The van der Waals surface area contributed by atoms with Crippen molar-refractivity contribution < 1.29 is 16.5 Å². The normalized spacial score (nSPS) is 13.3. The van der Waals surface area contributed by atoms with E-state index in [9.17, 15) is 0 Å². The van der Waals surface area contributed by atoms with Crippen LogP contribution in [-0.4, -0.2) is 32.7 Å². The molecule has 0 radical (unpaired) electrons. The summed E-state index contributed by atoms with van der Waals surface area (Å²) in [5, 5.41) is 15.2. The molecule has 4 nitrogen and oxygen atoms in total. The number of allylic oxidation sites excluding steroid dienone is 2. The van der Waals surface area contributed by atoms with Crippen LogP contribution in [0.1, 0.15) is 50.7 Å². The fourth-order valence-electron chi connectivity index (χ4n) is 7.46. The molecule has 0 saturated heterocycles. The second-order valence-electron chi connectivity index (χ2n) is 13.6. The molecule has 6 rings (SSSR count). The Hall–Kier alpha value is -4.60. The van der Waals surface area contributed by atoms with Gasteiger partial charge < -0.3 is 0 Å². The van der Waals surface area contributed by atoms with Crippen LogP contribution >= 0.6 is 0 Å². The van der Waals surface area contributed by atoms with Gasteiger partial charge in [0.25, 0.3) is 0 Å². The molecule has 2 N–H and O–H groups in total. The van der Waals surface area contributed by atoms with Crippen molar-refractivity contribution in [1.82, 2.24) is 20.4 Å². The maximum atomic E-state index is 4.59. The molecule has 252 valence electrons. The summed E-state index contributed by atoms with van der Waals surface area (Å²) in [7, 11) is 0. The average molecular weight is 689 g/mol. The number of hydrogen-bond donors (Lipinski definition) is 2. The van der Waals surface area contributed by atoms with E-state index in [4.69, 9.17) is 0 Å². The van der Waals surface area contributed by atoms with E-state index in [1.807, 2.05) is 24.5 Å². The first-order valence-corrected chi connectivity index (χ1v) is 17.2. The van der Waals surface area contributed by atoms with E-state index in [2.05, 4.69) is 183 Å². The standard InChI is InChI=1S/2C21H24BN2.Ni/c2*1-4-14-22(21-13-15-23-24-21,19-10-6-5-7-11-19)20-12-8-9-18(16-20)17(2)3;/h2*4-13,15-17H,1,14H2,2-3H3,(H,23,24);/q2*-1;+2. The summed E-state index contributed by atoms with van der Waals surface area (Å²) in [4.78, 5) is 0. The number of rotatable bonds is 12. The zero-order valence-electron chi connectivity index (χ0n) is 29.2. The molecule has 0 aliphatic rings. The van der Waals surface area contributed by atoms with Gasteiger partial charge in [-0.05, 0) is 23.0 Å². The van der Waals surface area contributed by atoms with E-state index in [1.165, 1.54) is 33.0 Å². The van der Waals surface area contributed by atoms with Gasteiger partial charge in [0, 0.05) is 12.4 Å². The Morgan fingerprint density at radius 2 is 0.898 bits per heavy atom. The third kappa shape index (κ3) is 7.84. The van der Waals surface area contributed by atoms with Crippen LogP contribution in [-0.2, 0) is 16.5 Å². The Bertz CT molecular complexity index is 1730. The van der Waals surface area contributed by atoms with Gasteiger partial charge in [-0.3, -0.25) is 10.2 Å². The Morgan fingerprint density at radius 1 is 0.531 bits per heavy atom. The van der Waals surface area contributed by atoms with Crippen molar-refractivity contribution in [3.05, 3.63) is 170 Å². The number of nitrogens with one attached hydrogen (secondary N) is 2. The molecule has 7 heteroatoms. The van der Waals surface area contributed by atoms with Gasteiger partial charge in [-0.2, -0.15) is 21.9 Å². The first-order valence-electron chi connectivity index (χ1n) is 17.2. The molecule has 0 spiro atoms. The summed E-state index contributed by atoms with van der Waals surface area (Å²) < 4.78 is 0. The SMILES string of the molecule is C=CC[B-](c1ccccc1)(c1cccc(C(C)C)c1)c1cc[nH]n1.C=CC[B-](c1ccccc1)(c1cccc(C(C)C)c1)c1cc[nH]n1.[Ni+2]. The van der Waals surface area contributed by atoms with Crippen molar-refractivity contribution in [3.63, 3.8) is 0 Å². The summed E-state index contributed by atoms with van der Waals surface area (Å²) in [6.07, 6.45) is 7.22. The largest absolute Gasteiger partial charge is 2.00 e. The van der Waals surface area contributed by atoms with Crippen molar-refractivity contribution in [2.75, 3.05) is 0 Å². The molecule has 0 aliphatic carbocycles. The van der Waals surface area contributed by atoms with Gasteiger partial charge in [0.2, 0.25) is 0 Å². The van der Waals surface area contributed by atoms with E-state index in [1.54, 1.807) is 0 Å². The summed E-state index contributed by atoms with van der Waals surface area (Å²) in [6, 6.07) is 43.5. The molecule has 2 heterocycles. The van der Waals surface area contributed by atoms with E-state index in [-0.39, 0.29) is 16.5 Å². The molecule has 0 fully saturated rings. The average Bonchev–Trinajstić information content (AvgIpc) is 3.87. The smallest absolute Gasteiger partial charge is 0.289 e. The molecular formula is C42H48B2N4Ni. The second kappa shape index (κ2) is 17.2. The maximum Gasteiger partial charge on any atom is 2.00 e. The minimum atomic E-state index is -1.17. The van der Waals surface area contributed by atoms with Crippen molar-refractivity contribution in [2.24, 2.45) is 0 Å². The molecule has 0 saturated carbocycles. The number of aromatic amines is 2. The van der Waals surface area contributed by atoms with Crippen LogP contribution in [0.25, 0.3) is 0 Å². The third-order valence-corrected chi connectivity index (χ3v) is 10.1. The van der Waals surface area contributed by atoms with E-state index >= 15 is 0 Å².